The van der Waals surface area contributed by atoms with Crippen molar-refractivity contribution in [3.8, 4) is 0 Å². The summed E-state index contributed by atoms with van der Waals surface area (Å²) in [5.41, 5.74) is 2.54. The fraction of sp³-hybridized carbons (Fsp3) is 0.611. The summed E-state index contributed by atoms with van der Waals surface area (Å²) in [7, 11) is 1.86. The van der Waals surface area contributed by atoms with E-state index in [0.29, 0.717) is 24.6 Å². The van der Waals surface area contributed by atoms with E-state index in [4.69, 9.17) is 0 Å². The average Bonchev–Trinajstić information content (AvgIpc) is 3.18. The van der Waals surface area contributed by atoms with Gasteiger partial charge >= 0.3 is 0 Å². The summed E-state index contributed by atoms with van der Waals surface area (Å²) in [6.45, 7) is 6.61. The molecule has 0 aliphatic carbocycles. The third-order valence-corrected chi connectivity index (χ3v) is 4.67. The molecular formula is C18H29N5O2. The molecule has 25 heavy (non-hydrogen) atoms. The lowest BCUT2D eigenvalue weighted by Gasteiger charge is -2.16. The topological polar surface area (TPSA) is 85.0 Å². The lowest BCUT2D eigenvalue weighted by Crippen LogP contribution is -2.32. The predicted octanol–water partition coefficient (Wildman–Crippen LogP) is 1.87. The van der Waals surface area contributed by atoms with Gasteiger partial charge in [-0.2, -0.15) is 10.2 Å². The fourth-order valence-electron chi connectivity index (χ4n) is 3.09. The molecule has 0 spiro atoms. The SMILES string of the molecule is CCC(CC)n1ncc(C(=O)NC[C@@H](CO)Cc2cnn(C)c2)c1C. The molecule has 0 saturated carbocycles. The number of nitrogens with one attached hydrogen (secondary N) is 1. The van der Waals surface area contributed by atoms with Crippen LogP contribution in [0.1, 0.15) is 54.3 Å². The molecule has 0 unspecified atom stereocenters. The van der Waals surface area contributed by atoms with E-state index in [2.05, 4.69) is 29.4 Å². The molecule has 7 nitrogen and oxygen atoms in total. The van der Waals surface area contributed by atoms with Crippen molar-refractivity contribution < 1.29 is 9.90 Å². The van der Waals surface area contributed by atoms with Crippen LogP contribution in [-0.2, 0) is 13.5 Å². The third kappa shape index (κ3) is 4.69. The van der Waals surface area contributed by atoms with E-state index in [1.54, 1.807) is 17.1 Å². The Hall–Kier alpha value is -2.15. The Bertz CT molecular complexity index is 687. The van der Waals surface area contributed by atoms with Crippen LogP contribution >= 0.6 is 0 Å². The number of aromatic nitrogens is 4. The van der Waals surface area contributed by atoms with Gasteiger partial charge in [-0.05, 0) is 31.7 Å². The van der Waals surface area contributed by atoms with E-state index in [9.17, 15) is 9.90 Å². The number of carbonyl (C=O) groups is 1. The van der Waals surface area contributed by atoms with Crippen molar-refractivity contribution in [3.05, 3.63) is 35.4 Å². The molecule has 0 radical (unpaired) electrons. The number of carbonyl (C=O) groups excluding carboxylic acids is 1. The van der Waals surface area contributed by atoms with Gasteiger partial charge < -0.3 is 10.4 Å². The lowest BCUT2D eigenvalue weighted by molar-refractivity contribution is 0.0939. The third-order valence-electron chi connectivity index (χ3n) is 4.67. The van der Waals surface area contributed by atoms with Gasteiger partial charge in [-0.15, -0.1) is 0 Å². The Morgan fingerprint density at radius 2 is 2.00 bits per heavy atom. The monoisotopic (exact) mass is 347 g/mol. The highest BCUT2D eigenvalue weighted by atomic mass is 16.3. The lowest BCUT2D eigenvalue weighted by atomic mass is 10.0. The molecule has 0 saturated heterocycles. The number of aliphatic hydroxyl groups excluding tert-OH is 1. The molecule has 1 amide bonds. The zero-order valence-electron chi connectivity index (χ0n) is 15.6. The van der Waals surface area contributed by atoms with Crippen LogP contribution in [0.25, 0.3) is 0 Å². The van der Waals surface area contributed by atoms with Gasteiger partial charge in [0.05, 0.1) is 24.0 Å². The fourth-order valence-corrected chi connectivity index (χ4v) is 3.09. The highest BCUT2D eigenvalue weighted by molar-refractivity contribution is 5.95. The Kier molecular flexibility index (Phi) is 6.75. The van der Waals surface area contributed by atoms with Gasteiger partial charge in [0.15, 0.2) is 0 Å². The molecule has 7 heteroatoms. The number of rotatable bonds is 9. The van der Waals surface area contributed by atoms with E-state index in [1.165, 1.54) is 0 Å². The smallest absolute Gasteiger partial charge is 0.254 e. The Morgan fingerprint density at radius 3 is 2.56 bits per heavy atom. The summed E-state index contributed by atoms with van der Waals surface area (Å²) in [6, 6.07) is 0.317. The first-order valence-electron chi connectivity index (χ1n) is 8.90. The number of hydrogen-bond donors (Lipinski definition) is 2. The van der Waals surface area contributed by atoms with Gasteiger partial charge in [-0.25, -0.2) is 0 Å². The maximum absolute atomic E-state index is 12.5. The first kappa shape index (κ1) is 19.2. The quantitative estimate of drug-likeness (QED) is 0.725. The average molecular weight is 347 g/mol. The Balaban J connectivity index is 1.97. The minimum atomic E-state index is -0.139. The second-order valence-corrected chi connectivity index (χ2v) is 6.54. The maximum Gasteiger partial charge on any atom is 0.254 e. The molecule has 2 rings (SSSR count). The summed E-state index contributed by atoms with van der Waals surface area (Å²) >= 11 is 0. The van der Waals surface area contributed by atoms with Crippen LogP contribution in [0.5, 0.6) is 0 Å². The molecule has 0 aliphatic rings. The van der Waals surface area contributed by atoms with Crippen LogP contribution in [-0.4, -0.2) is 43.7 Å². The second-order valence-electron chi connectivity index (χ2n) is 6.54. The van der Waals surface area contributed by atoms with E-state index >= 15 is 0 Å². The Labute approximate surface area is 149 Å². The largest absolute Gasteiger partial charge is 0.396 e. The predicted molar refractivity (Wildman–Crippen MR) is 96.4 cm³/mol. The van der Waals surface area contributed by atoms with Gasteiger partial charge in [-0.3, -0.25) is 14.2 Å². The minimum Gasteiger partial charge on any atom is -0.396 e. The zero-order valence-corrected chi connectivity index (χ0v) is 15.6. The molecule has 0 aromatic carbocycles. The van der Waals surface area contributed by atoms with Crippen molar-refractivity contribution in [3.63, 3.8) is 0 Å². The van der Waals surface area contributed by atoms with Crippen LogP contribution in [0.15, 0.2) is 18.6 Å². The van der Waals surface area contributed by atoms with Crippen molar-refractivity contribution in [2.45, 2.75) is 46.1 Å². The summed E-state index contributed by atoms with van der Waals surface area (Å²) < 4.78 is 3.67. The Morgan fingerprint density at radius 1 is 1.28 bits per heavy atom. The van der Waals surface area contributed by atoms with Crippen LogP contribution in [0.2, 0.25) is 0 Å². The second kappa shape index (κ2) is 8.80. The zero-order chi connectivity index (χ0) is 18.4. The van der Waals surface area contributed by atoms with Crippen LogP contribution < -0.4 is 5.32 Å². The molecule has 2 aromatic rings. The van der Waals surface area contributed by atoms with Crippen LogP contribution in [0, 0.1) is 12.8 Å². The molecule has 1 atom stereocenters. The molecular weight excluding hydrogens is 318 g/mol. The first-order valence-corrected chi connectivity index (χ1v) is 8.90. The van der Waals surface area contributed by atoms with Gasteiger partial charge in [0.25, 0.3) is 5.91 Å². The molecule has 2 N–H and O–H groups in total. The van der Waals surface area contributed by atoms with E-state index in [1.807, 2.05) is 24.9 Å². The van der Waals surface area contributed by atoms with Crippen molar-refractivity contribution >= 4 is 5.91 Å². The number of aliphatic hydroxyl groups is 1. The van der Waals surface area contributed by atoms with Gasteiger partial charge in [-0.1, -0.05) is 13.8 Å². The number of amides is 1. The van der Waals surface area contributed by atoms with Gasteiger partial charge in [0.2, 0.25) is 0 Å². The van der Waals surface area contributed by atoms with Gasteiger partial charge in [0.1, 0.15) is 0 Å². The summed E-state index contributed by atoms with van der Waals surface area (Å²) in [5, 5.41) is 21.0. The van der Waals surface area contributed by atoms with Crippen molar-refractivity contribution in [2.24, 2.45) is 13.0 Å². The number of aryl methyl sites for hydroxylation is 1. The number of nitrogens with zero attached hydrogens (tertiary/aromatic N) is 4. The standard InChI is InChI=1S/C18H29N5O2/c1-5-16(6-2)23-13(3)17(10-21-23)18(25)19-8-15(12-24)7-14-9-20-22(4)11-14/h9-11,15-16,24H,5-8,12H2,1-4H3,(H,19,25)/t15-/m0/s1. The summed E-state index contributed by atoms with van der Waals surface area (Å²) in [6.07, 6.45) is 7.99. The van der Waals surface area contributed by atoms with Gasteiger partial charge in [0, 0.05) is 38.0 Å². The first-order chi connectivity index (χ1) is 12.0. The molecule has 138 valence electrons. The van der Waals surface area contributed by atoms with E-state index in [0.717, 1.165) is 24.1 Å². The summed E-state index contributed by atoms with van der Waals surface area (Å²) in [4.78, 5) is 12.5. The molecule has 0 aliphatic heterocycles. The number of hydrogen-bond acceptors (Lipinski definition) is 4. The molecule has 2 aromatic heterocycles. The van der Waals surface area contributed by atoms with Crippen LogP contribution in [0.4, 0.5) is 0 Å². The minimum absolute atomic E-state index is 0.0150. The van der Waals surface area contributed by atoms with Crippen molar-refractivity contribution in [1.29, 1.82) is 0 Å². The van der Waals surface area contributed by atoms with E-state index < -0.39 is 0 Å². The van der Waals surface area contributed by atoms with Crippen LogP contribution in [0.3, 0.4) is 0 Å². The highest BCUT2D eigenvalue weighted by Crippen LogP contribution is 2.19. The molecule has 0 bridgehead atoms. The normalized spacial score (nSPS) is 12.6. The van der Waals surface area contributed by atoms with E-state index in [-0.39, 0.29) is 18.4 Å². The molecule has 0 fully saturated rings. The maximum atomic E-state index is 12.5. The molecule has 2 heterocycles. The highest BCUT2D eigenvalue weighted by Gasteiger charge is 2.19. The van der Waals surface area contributed by atoms with Crippen molar-refractivity contribution in [1.82, 2.24) is 24.9 Å². The van der Waals surface area contributed by atoms with Crippen molar-refractivity contribution in [2.75, 3.05) is 13.2 Å². The summed E-state index contributed by atoms with van der Waals surface area (Å²) in [5.74, 6) is -0.179.